The van der Waals surface area contributed by atoms with Crippen molar-refractivity contribution in [3.63, 3.8) is 0 Å². The molecule has 4 rings (SSSR count). The molecule has 1 N–H and O–H groups in total. The standard InChI is InChI=1S/C22H22N2O5S/c1-13-6-11-17-20(25)18(12-14-7-9-16(10-8-14)30(2,28)29)19(22(26)27)24(21(17)23-13)15-4-3-5-15/h6-11,15H,3-5,12H2,1-2H3,(H,26,27). The number of rotatable bonds is 5. The number of nitrogens with zero attached hydrogens (tertiary/aromatic N) is 2. The largest absolute Gasteiger partial charge is 0.477 e. The molecule has 1 aliphatic carbocycles. The van der Waals surface area contributed by atoms with Crippen molar-refractivity contribution in [2.45, 2.75) is 43.5 Å². The smallest absolute Gasteiger partial charge is 0.353 e. The highest BCUT2D eigenvalue weighted by atomic mass is 32.2. The van der Waals surface area contributed by atoms with Crippen LogP contribution in [0, 0.1) is 6.92 Å². The highest BCUT2D eigenvalue weighted by Gasteiger charge is 2.30. The molecule has 1 aliphatic rings. The first kappa shape index (κ1) is 20.3. The van der Waals surface area contributed by atoms with Crippen LogP contribution in [0.3, 0.4) is 0 Å². The zero-order valence-corrected chi connectivity index (χ0v) is 17.6. The van der Waals surface area contributed by atoms with Crippen LogP contribution in [0.25, 0.3) is 11.0 Å². The quantitative estimate of drug-likeness (QED) is 0.672. The van der Waals surface area contributed by atoms with Gasteiger partial charge in [0.05, 0.1) is 10.3 Å². The van der Waals surface area contributed by atoms with Crippen LogP contribution in [0.15, 0.2) is 46.1 Å². The number of sulfone groups is 1. The van der Waals surface area contributed by atoms with E-state index < -0.39 is 15.8 Å². The lowest BCUT2D eigenvalue weighted by Gasteiger charge is -2.31. The molecule has 2 heterocycles. The van der Waals surface area contributed by atoms with Gasteiger partial charge in [-0.05, 0) is 56.0 Å². The number of aromatic nitrogens is 2. The second-order valence-corrected chi connectivity index (χ2v) is 9.85. The molecule has 156 valence electrons. The molecule has 0 unspecified atom stereocenters. The van der Waals surface area contributed by atoms with Gasteiger partial charge in [-0.1, -0.05) is 12.1 Å². The third kappa shape index (κ3) is 3.52. The third-order valence-corrected chi connectivity index (χ3v) is 6.79. The van der Waals surface area contributed by atoms with Crippen molar-refractivity contribution < 1.29 is 18.3 Å². The summed E-state index contributed by atoms with van der Waals surface area (Å²) in [5.74, 6) is -1.16. The Morgan fingerprint density at radius 3 is 2.37 bits per heavy atom. The van der Waals surface area contributed by atoms with E-state index in [0.717, 1.165) is 31.2 Å². The molecule has 0 bridgehead atoms. The Morgan fingerprint density at radius 1 is 1.17 bits per heavy atom. The molecule has 0 spiro atoms. The van der Waals surface area contributed by atoms with Gasteiger partial charge in [0.25, 0.3) is 0 Å². The van der Waals surface area contributed by atoms with Gasteiger partial charge in [-0.15, -0.1) is 0 Å². The van der Waals surface area contributed by atoms with Gasteiger partial charge in [-0.2, -0.15) is 0 Å². The van der Waals surface area contributed by atoms with Crippen LogP contribution in [0.2, 0.25) is 0 Å². The topological polar surface area (TPSA) is 106 Å². The molecule has 7 nitrogen and oxygen atoms in total. The Bertz CT molecular complexity index is 1320. The van der Waals surface area contributed by atoms with Crippen molar-refractivity contribution in [1.29, 1.82) is 0 Å². The fourth-order valence-corrected chi connectivity index (χ4v) is 4.51. The molecular formula is C22H22N2O5S. The summed E-state index contributed by atoms with van der Waals surface area (Å²) in [7, 11) is -3.34. The second kappa shape index (κ2) is 7.36. The predicted octanol–water partition coefficient (Wildman–Crippen LogP) is 3.12. The van der Waals surface area contributed by atoms with Crippen molar-refractivity contribution in [3.05, 3.63) is 69.1 Å². The molecule has 0 atom stereocenters. The van der Waals surface area contributed by atoms with E-state index in [9.17, 15) is 23.1 Å². The van der Waals surface area contributed by atoms with Crippen LogP contribution in [-0.2, 0) is 16.3 Å². The number of carbonyl (C=O) groups is 1. The van der Waals surface area contributed by atoms with E-state index in [2.05, 4.69) is 4.98 Å². The lowest BCUT2D eigenvalue weighted by Crippen LogP contribution is -2.30. The minimum atomic E-state index is -3.34. The number of aryl methyl sites for hydroxylation is 1. The average molecular weight is 426 g/mol. The number of fused-ring (bicyclic) bond motifs is 1. The van der Waals surface area contributed by atoms with E-state index in [-0.39, 0.29) is 34.0 Å². The Hall–Kier alpha value is -3.00. The zero-order chi connectivity index (χ0) is 21.6. The van der Waals surface area contributed by atoms with Gasteiger partial charge in [-0.25, -0.2) is 18.2 Å². The Morgan fingerprint density at radius 2 is 1.83 bits per heavy atom. The first-order valence-corrected chi connectivity index (χ1v) is 11.6. The van der Waals surface area contributed by atoms with Crippen LogP contribution >= 0.6 is 0 Å². The average Bonchev–Trinajstić information content (AvgIpc) is 2.63. The summed E-state index contributed by atoms with van der Waals surface area (Å²) in [5.41, 5.74) is 1.62. The molecule has 8 heteroatoms. The fourth-order valence-electron chi connectivity index (χ4n) is 3.88. The normalized spacial score (nSPS) is 14.6. The summed E-state index contributed by atoms with van der Waals surface area (Å²) in [6, 6.07) is 9.64. The molecular weight excluding hydrogens is 404 g/mol. The molecule has 0 saturated heterocycles. The number of hydrogen-bond donors (Lipinski definition) is 1. The lowest BCUT2D eigenvalue weighted by atomic mass is 9.90. The monoisotopic (exact) mass is 426 g/mol. The number of carboxylic acid groups (broad SMARTS) is 1. The molecule has 30 heavy (non-hydrogen) atoms. The number of hydrogen-bond acceptors (Lipinski definition) is 5. The SMILES string of the molecule is Cc1ccc2c(=O)c(Cc3ccc(S(C)(=O)=O)cc3)c(C(=O)O)n(C3CCC3)c2n1. The van der Waals surface area contributed by atoms with E-state index in [1.807, 2.05) is 6.92 Å². The summed E-state index contributed by atoms with van der Waals surface area (Å²) in [5, 5.41) is 10.4. The maximum atomic E-state index is 13.3. The Labute approximate surface area is 173 Å². The van der Waals surface area contributed by atoms with E-state index in [1.54, 1.807) is 28.8 Å². The zero-order valence-electron chi connectivity index (χ0n) is 16.8. The molecule has 3 aromatic rings. The van der Waals surface area contributed by atoms with Gasteiger partial charge in [-0.3, -0.25) is 4.79 Å². The highest BCUT2D eigenvalue weighted by Crippen LogP contribution is 2.35. The van der Waals surface area contributed by atoms with E-state index in [0.29, 0.717) is 16.6 Å². The van der Waals surface area contributed by atoms with Crippen LogP contribution in [0.5, 0.6) is 0 Å². The van der Waals surface area contributed by atoms with Gasteiger partial charge in [0.1, 0.15) is 11.3 Å². The van der Waals surface area contributed by atoms with E-state index >= 15 is 0 Å². The highest BCUT2D eigenvalue weighted by molar-refractivity contribution is 7.90. The number of pyridine rings is 2. The van der Waals surface area contributed by atoms with Crippen molar-refractivity contribution in [1.82, 2.24) is 9.55 Å². The van der Waals surface area contributed by atoms with Gasteiger partial charge in [0.15, 0.2) is 15.3 Å². The minimum absolute atomic E-state index is 0.000129. The Kier molecular flexibility index (Phi) is 4.97. The minimum Gasteiger partial charge on any atom is -0.477 e. The molecule has 0 aliphatic heterocycles. The van der Waals surface area contributed by atoms with E-state index in [1.165, 1.54) is 12.1 Å². The molecule has 0 radical (unpaired) electrons. The van der Waals surface area contributed by atoms with Gasteiger partial charge >= 0.3 is 5.97 Å². The van der Waals surface area contributed by atoms with Gasteiger partial charge in [0, 0.05) is 30.0 Å². The summed E-state index contributed by atoms with van der Waals surface area (Å²) in [4.78, 5) is 30.2. The van der Waals surface area contributed by atoms with Crippen LogP contribution < -0.4 is 5.43 Å². The van der Waals surface area contributed by atoms with Crippen LogP contribution in [0.1, 0.15) is 52.6 Å². The summed E-state index contributed by atoms with van der Waals surface area (Å²) >= 11 is 0. The number of carboxylic acids is 1. The Balaban J connectivity index is 1.94. The van der Waals surface area contributed by atoms with Gasteiger partial charge < -0.3 is 9.67 Å². The predicted molar refractivity (Wildman–Crippen MR) is 113 cm³/mol. The van der Waals surface area contributed by atoms with Crippen LogP contribution in [0.4, 0.5) is 0 Å². The van der Waals surface area contributed by atoms with Crippen molar-refractivity contribution in [3.8, 4) is 0 Å². The van der Waals surface area contributed by atoms with Crippen LogP contribution in [-0.4, -0.2) is 35.3 Å². The van der Waals surface area contributed by atoms with Crippen molar-refractivity contribution >= 4 is 26.8 Å². The first-order valence-electron chi connectivity index (χ1n) is 9.74. The maximum Gasteiger partial charge on any atom is 0.353 e. The third-order valence-electron chi connectivity index (χ3n) is 5.66. The molecule has 1 aromatic carbocycles. The second-order valence-electron chi connectivity index (χ2n) is 7.83. The summed E-state index contributed by atoms with van der Waals surface area (Å²) in [6.07, 6.45) is 3.92. The first-order chi connectivity index (χ1) is 14.2. The number of benzene rings is 1. The molecule has 2 aromatic heterocycles. The van der Waals surface area contributed by atoms with Crippen molar-refractivity contribution in [2.75, 3.05) is 6.26 Å². The lowest BCUT2D eigenvalue weighted by molar-refractivity contribution is 0.0677. The maximum absolute atomic E-state index is 13.3. The van der Waals surface area contributed by atoms with E-state index in [4.69, 9.17) is 0 Å². The van der Waals surface area contributed by atoms with Gasteiger partial charge in [0.2, 0.25) is 0 Å². The molecule has 0 amide bonds. The molecule has 1 saturated carbocycles. The number of aromatic carboxylic acids is 1. The van der Waals surface area contributed by atoms with Crippen molar-refractivity contribution in [2.24, 2.45) is 0 Å². The molecule has 1 fully saturated rings. The summed E-state index contributed by atoms with van der Waals surface area (Å²) in [6.45, 7) is 1.81. The summed E-state index contributed by atoms with van der Waals surface area (Å²) < 4.78 is 25.1. The fraction of sp³-hybridized carbons (Fsp3) is 0.318.